The van der Waals surface area contributed by atoms with E-state index < -0.39 is 0 Å². The Kier molecular flexibility index (Phi) is 3.62. The molecule has 3 rings (SSSR count). The lowest BCUT2D eigenvalue weighted by molar-refractivity contribution is 0.592. The fourth-order valence-corrected chi connectivity index (χ4v) is 2.66. The predicted octanol–water partition coefficient (Wildman–Crippen LogP) is 3.83. The van der Waals surface area contributed by atoms with E-state index in [4.69, 9.17) is 0 Å². The van der Waals surface area contributed by atoms with Gasteiger partial charge in [-0.05, 0) is 31.7 Å². The molecule has 0 spiro atoms. The van der Waals surface area contributed by atoms with E-state index in [0.717, 1.165) is 25.1 Å². The third-order valence-electron chi connectivity index (χ3n) is 4.06. The normalized spacial score (nSPS) is 15.8. The van der Waals surface area contributed by atoms with E-state index in [0.29, 0.717) is 18.1 Å². The third-order valence-corrected chi connectivity index (χ3v) is 4.06. The van der Waals surface area contributed by atoms with Crippen molar-refractivity contribution >= 4 is 5.82 Å². The maximum Gasteiger partial charge on any atom is 0.186 e. The molecule has 1 aliphatic rings. The van der Waals surface area contributed by atoms with Gasteiger partial charge in [0.15, 0.2) is 11.6 Å². The molecule has 2 aromatic rings. The molecule has 1 aromatic heterocycles. The van der Waals surface area contributed by atoms with E-state index in [-0.39, 0.29) is 11.2 Å². The van der Waals surface area contributed by atoms with Crippen molar-refractivity contribution in [1.29, 1.82) is 0 Å². The summed E-state index contributed by atoms with van der Waals surface area (Å²) >= 11 is 0. The fraction of sp³-hybridized carbons (Fsp3) is 0.412. The van der Waals surface area contributed by atoms with Gasteiger partial charge in [0, 0.05) is 6.54 Å². The van der Waals surface area contributed by atoms with E-state index in [1.165, 1.54) is 5.56 Å². The quantitative estimate of drug-likeness (QED) is 0.907. The van der Waals surface area contributed by atoms with Gasteiger partial charge in [0.05, 0.1) is 11.1 Å². The number of anilines is 1. The van der Waals surface area contributed by atoms with Crippen LogP contribution in [0.3, 0.4) is 0 Å². The summed E-state index contributed by atoms with van der Waals surface area (Å²) in [6.07, 6.45) is 2.98. The van der Waals surface area contributed by atoms with Gasteiger partial charge in [-0.25, -0.2) is 14.4 Å². The Morgan fingerprint density at radius 2 is 1.90 bits per heavy atom. The van der Waals surface area contributed by atoms with Crippen molar-refractivity contribution in [2.24, 2.45) is 0 Å². The number of aryl methyl sites for hydroxylation is 1. The lowest BCUT2D eigenvalue weighted by atomic mass is 9.95. The van der Waals surface area contributed by atoms with E-state index >= 15 is 0 Å². The van der Waals surface area contributed by atoms with Crippen molar-refractivity contribution in [1.82, 2.24) is 9.97 Å². The first-order valence-electron chi connectivity index (χ1n) is 7.51. The number of nitrogens with zero attached hydrogens (tertiary/aromatic N) is 2. The molecule has 0 aliphatic heterocycles. The molecule has 3 nitrogen and oxygen atoms in total. The zero-order valence-electron chi connectivity index (χ0n) is 12.5. The van der Waals surface area contributed by atoms with Gasteiger partial charge >= 0.3 is 0 Å². The van der Waals surface area contributed by atoms with Crippen LogP contribution in [0.2, 0.25) is 0 Å². The van der Waals surface area contributed by atoms with Gasteiger partial charge in [-0.3, -0.25) is 0 Å². The van der Waals surface area contributed by atoms with Crippen LogP contribution in [0.5, 0.6) is 0 Å². The number of hydrogen-bond donors (Lipinski definition) is 1. The van der Waals surface area contributed by atoms with Crippen molar-refractivity contribution in [3.63, 3.8) is 0 Å². The van der Waals surface area contributed by atoms with Crippen LogP contribution in [-0.4, -0.2) is 16.5 Å². The number of rotatable bonds is 5. The molecule has 1 saturated carbocycles. The van der Waals surface area contributed by atoms with Crippen LogP contribution in [0.4, 0.5) is 10.2 Å². The van der Waals surface area contributed by atoms with Crippen molar-refractivity contribution < 1.29 is 4.39 Å². The summed E-state index contributed by atoms with van der Waals surface area (Å²) in [5, 5.41) is 3.07. The van der Waals surface area contributed by atoms with Crippen LogP contribution in [0.1, 0.15) is 43.3 Å². The molecule has 1 fully saturated rings. The van der Waals surface area contributed by atoms with Crippen molar-refractivity contribution in [3.8, 4) is 0 Å². The standard InChI is InChI=1S/C17H20FN3/c1-3-11-19-15-14(18)12(2)20-16(21-15)17(9-10-17)13-7-5-4-6-8-13/h4-8H,3,9-11H2,1-2H3,(H,19,20,21). The first-order valence-corrected chi connectivity index (χ1v) is 7.51. The molecule has 110 valence electrons. The van der Waals surface area contributed by atoms with Crippen LogP contribution < -0.4 is 5.32 Å². The molecule has 0 radical (unpaired) electrons. The monoisotopic (exact) mass is 285 g/mol. The Morgan fingerprint density at radius 1 is 1.19 bits per heavy atom. The minimum Gasteiger partial charge on any atom is -0.368 e. The highest BCUT2D eigenvalue weighted by Gasteiger charge is 2.49. The van der Waals surface area contributed by atoms with Crippen LogP contribution in [0.15, 0.2) is 30.3 Å². The number of nitrogens with one attached hydrogen (secondary N) is 1. The van der Waals surface area contributed by atoms with Crippen molar-refractivity contribution in [3.05, 3.63) is 53.2 Å². The van der Waals surface area contributed by atoms with Crippen molar-refractivity contribution in [2.75, 3.05) is 11.9 Å². The smallest absolute Gasteiger partial charge is 0.186 e. The van der Waals surface area contributed by atoms with Crippen LogP contribution >= 0.6 is 0 Å². The molecule has 21 heavy (non-hydrogen) atoms. The Morgan fingerprint density at radius 3 is 2.52 bits per heavy atom. The second kappa shape index (κ2) is 5.43. The Balaban J connectivity index is 2.01. The third kappa shape index (κ3) is 2.50. The zero-order valence-corrected chi connectivity index (χ0v) is 12.5. The van der Waals surface area contributed by atoms with E-state index in [1.807, 2.05) is 25.1 Å². The van der Waals surface area contributed by atoms with Gasteiger partial charge in [-0.15, -0.1) is 0 Å². The largest absolute Gasteiger partial charge is 0.368 e. The Hall–Kier alpha value is -1.97. The van der Waals surface area contributed by atoms with E-state index in [2.05, 4.69) is 27.4 Å². The van der Waals surface area contributed by atoms with Gasteiger partial charge in [0.25, 0.3) is 0 Å². The maximum absolute atomic E-state index is 14.1. The number of halogens is 1. The second-order valence-corrected chi connectivity index (χ2v) is 5.67. The number of aromatic nitrogens is 2. The average Bonchev–Trinajstić information content (AvgIpc) is 3.31. The van der Waals surface area contributed by atoms with Gasteiger partial charge in [0.2, 0.25) is 0 Å². The van der Waals surface area contributed by atoms with Crippen LogP contribution in [-0.2, 0) is 5.41 Å². The summed E-state index contributed by atoms with van der Waals surface area (Å²) in [5.74, 6) is 0.740. The summed E-state index contributed by atoms with van der Waals surface area (Å²) in [7, 11) is 0. The summed E-state index contributed by atoms with van der Waals surface area (Å²) in [5.41, 5.74) is 1.51. The van der Waals surface area contributed by atoms with Gasteiger partial charge in [0.1, 0.15) is 5.82 Å². The van der Waals surface area contributed by atoms with Gasteiger partial charge in [-0.1, -0.05) is 37.3 Å². The molecular weight excluding hydrogens is 265 g/mol. The molecule has 0 atom stereocenters. The maximum atomic E-state index is 14.1. The second-order valence-electron chi connectivity index (χ2n) is 5.67. The average molecular weight is 285 g/mol. The Bertz CT molecular complexity index is 636. The van der Waals surface area contributed by atoms with Crippen molar-refractivity contribution in [2.45, 2.75) is 38.5 Å². The lowest BCUT2D eigenvalue weighted by Gasteiger charge is -2.17. The summed E-state index contributed by atoms with van der Waals surface area (Å²) in [4.78, 5) is 8.91. The number of benzene rings is 1. The Labute approximate surface area is 124 Å². The van der Waals surface area contributed by atoms with E-state index in [9.17, 15) is 4.39 Å². The summed E-state index contributed by atoms with van der Waals surface area (Å²) < 4.78 is 14.1. The molecule has 1 heterocycles. The zero-order chi connectivity index (χ0) is 14.9. The molecule has 4 heteroatoms. The fourth-order valence-electron chi connectivity index (χ4n) is 2.66. The van der Waals surface area contributed by atoms with Crippen LogP contribution in [0, 0.1) is 12.7 Å². The highest BCUT2D eigenvalue weighted by Crippen LogP contribution is 2.52. The highest BCUT2D eigenvalue weighted by atomic mass is 19.1. The van der Waals surface area contributed by atoms with E-state index in [1.54, 1.807) is 6.92 Å². The molecule has 1 aliphatic carbocycles. The molecule has 0 bridgehead atoms. The molecule has 0 saturated heterocycles. The van der Waals surface area contributed by atoms with Crippen LogP contribution in [0.25, 0.3) is 0 Å². The first-order chi connectivity index (χ1) is 10.2. The predicted molar refractivity (Wildman–Crippen MR) is 82.0 cm³/mol. The first kappa shape index (κ1) is 14.0. The van der Waals surface area contributed by atoms with Gasteiger partial charge in [-0.2, -0.15) is 0 Å². The molecular formula is C17H20FN3. The molecule has 1 N–H and O–H groups in total. The summed E-state index contributed by atoms with van der Waals surface area (Å²) in [6.45, 7) is 4.47. The number of hydrogen-bond acceptors (Lipinski definition) is 3. The molecule has 0 amide bonds. The SMILES string of the molecule is CCCNc1nc(C2(c3ccccc3)CC2)nc(C)c1F. The topological polar surface area (TPSA) is 37.8 Å². The molecule has 1 aromatic carbocycles. The van der Waals surface area contributed by atoms with Gasteiger partial charge < -0.3 is 5.32 Å². The molecule has 0 unspecified atom stereocenters. The lowest BCUT2D eigenvalue weighted by Crippen LogP contribution is -2.17. The summed E-state index contributed by atoms with van der Waals surface area (Å²) in [6, 6.07) is 10.3. The minimum atomic E-state index is -0.337. The minimum absolute atomic E-state index is 0.123. The highest BCUT2D eigenvalue weighted by molar-refractivity contribution is 5.44.